The number of nitrogens with one attached hydrogen (secondary N) is 1. The first-order chi connectivity index (χ1) is 9.24. The average molecular weight is 278 g/mol. The van der Waals surface area contributed by atoms with E-state index in [1.807, 2.05) is 19.2 Å². The molecule has 0 atom stereocenters. The Morgan fingerprint density at radius 2 is 2.11 bits per heavy atom. The van der Waals surface area contributed by atoms with Crippen molar-refractivity contribution in [3.8, 4) is 0 Å². The van der Waals surface area contributed by atoms with Crippen molar-refractivity contribution >= 4 is 11.3 Å². The molecule has 0 bridgehead atoms. The Hall–Kier alpha value is -1.26. The molecule has 0 aliphatic heterocycles. The molecule has 0 aliphatic rings. The molecule has 2 aromatic rings. The number of rotatable bonds is 6. The number of hydrogen-bond acceptors (Lipinski definition) is 3. The summed E-state index contributed by atoms with van der Waals surface area (Å²) >= 11 is 1.69. The number of aromatic nitrogens is 1. The second-order valence-electron chi connectivity index (χ2n) is 4.53. The summed E-state index contributed by atoms with van der Waals surface area (Å²) in [7, 11) is 1.94. The van der Waals surface area contributed by atoms with Crippen molar-refractivity contribution in [2.45, 2.75) is 32.7 Å². The van der Waals surface area contributed by atoms with Crippen LogP contribution in [0.2, 0.25) is 0 Å². The molecular weight excluding hydrogens is 259 g/mol. The van der Waals surface area contributed by atoms with E-state index < -0.39 is 0 Å². The van der Waals surface area contributed by atoms with E-state index in [9.17, 15) is 4.39 Å². The summed E-state index contributed by atoms with van der Waals surface area (Å²) in [5.41, 5.74) is 1.88. The van der Waals surface area contributed by atoms with E-state index in [1.165, 1.54) is 10.9 Å². The fourth-order valence-electron chi connectivity index (χ4n) is 2.05. The molecule has 0 fully saturated rings. The number of aryl methyl sites for hydroxylation is 1. The maximum Gasteiger partial charge on any atom is 0.126 e. The lowest BCUT2D eigenvalue weighted by Crippen LogP contribution is -2.05. The van der Waals surface area contributed by atoms with E-state index in [0.29, 0.717) is 6.42 Å². The van der Waals surface area contributed by atoms with Gasteiger partial charge in [0.05, 0.1) is 10.7 Å². The Balaban J connectivity index is 2.21. The molecule has 0 unspecified atom stereocenters. The summed E-state index contributed by atoms with van der Waals surface area (Å²) < 4.78 is 13.6. The first-order valence-electron chi connectivity index (χ1n) is 6.60. The van der Waals surface area contributed by atoms with E-state index in [1.54, 1.807) is 17.4 Å². The number of hydrogen-bond donors (Lipinski definition) is 1. The van der Waals surface area contributed by atoms with Crippen molar-refractivity contribution in [3.63, 3.8) is 0 Å². The van der Waals surface area contributed by atoms with E-state index in [0.717, 1.165) is 35.7 Å². The Bertz CT molecular complexity index is 513. The maximum atomic E-state index is 13.6. The molecule has 0 saturated heterocycles. The van der Waals surface area contributed by atoms with Crippen LogP contribution in [-0.2, 0) is 19.4 Å². The van der Waals surface area contributed by atoms with E-state index in [4.69, 9.17) is 0 Å². The highest BCUT2D eigenvalue weighted by atomic mass is 32.1. The highest BCUT2D eigenvalue weighted by Crippen LogP contribution is 2.23. The predicted octanol–water partition coefficient (Wildman–Crippen LogP) is 3.54. The Morgan fingerprint density at radius 1 is 1.32 bits per heavy atom. The van der Waals surface area contributed by atoms with Gasteiger partial charge in [0.25, 0.3) is 0 Å². The minimum Gasteiger partial charge on any atom is -0.315 e. The topological polar surface area (TPSA) is 24.9 Å². The van der Waals surface area contributed by atoms with Gasteiger partial charge in [0.15, 0.2) is 0 Å². The Morgan fingerprint density at radius 3 is 2.79 bits per heavy atom. The third kappa shape index (κ3) is 3.61. The monoisotopic (exact) mass is 278 g/mol. The summed E-state index contributed by atoms with van der Waals surface area (Å²) in [6.45, 7) is 2.99. The number of thiazole rings is 1. The summed E-state index contributed by atoms with van der Waals surface area (Å²) in [5, 5.41) is 4.17. The smallest absolute Gasteiger partial charge is 0.126 e. The van der Waals surface area contributed by atoms with Gasteiger partial charge in [-0.15, -0.1) is 11.3 Å². The molecule has 2 rings (SSSR count). The molecule has 4 heteroatoms. The molecule has 1 N–H and O–H groups in total. The number of nitrogens with zero attached hydrogens (tertiary/aromatic N) is 1. The Kier molecular flexibility index (Phi) is 5.05. The van der Waals surface area contributed by atoms with Crippen molar-refractivity contribution < 1.29 is 4.39 Å². The van der Waals surface area contributed by atoms with Gasteiger partial charge in [-0.25, -0.2) is 9.37 Å². The largest absolute Gasteiger partial charge is 0.315 e. The molecule has 0 saturated carbocycles. The van der Waals surface area contributed by atoms with Crippen molar-refractivity contribution in [1.82, 2.24) is 10.3 Å². The molecule has 2 nitrogen and oxygen atoms in total. The minimum atomic E-state index is -0.148. The summed E-state index contributed by atoms with van der Waals surface area (Å²) in [4.78, 5) is 5.94. The lowest BCUT2D eigenvalue weighted by atomic mass is 10.1. The van der Waals surface area contributed by atoms with Crippen LogP contribution in [0.25, 0.3) is 0 Å². The molecule has 0 radical (unpaired) electrons. The van der Waals surface area contributed by atoms with Crippen LogP contribution in [-0.4, -0.2) is 12.0 Å². The zero-order valence-electron chi connectivity index (χ0n) is 11.4. The molecule has 0 aliphatic carbocycles. The van der Waals surface area contributed by atoms with Crippen LogP contribution >= 0.6 is 11.3 Å². The lowest BCUT2D eigenvalue weighted by molar-refractivity contribution is 0.613. The average Bonchev–Trinajstić information content (AvgIpc) is 2.76. The van der Waals surface area contributed by atoms with E-state index >= 15 is 0 Å². The molecule has 0 spiro atoms. The lowest BCUT2D eigenvalue weighted by Gasteiger charge is -1.99. The SMILES string of the molecule is CCCc1nc(Cc2ccccc2F)sc1CNC. The predicted molar refractivity (Wildman–Crippen MR) is 78.1 cm³/mol. The van der Waals surface area contributed by atoms with Crippen LogP contribution in [0.4, 0.5) is 4.39 Å². The van der Waals surface area contributed by atoms with E-state index in [-0.39, 0.29) is 5.82 Å². The third-order valence-corrected chi connectivity index (χ3v) is 4.04. The summed E-state index contributed by atoms with van der Waals surface area (Å²) in [6.07, 6.45) is 2.65. The zero-order chi connectivity index (χ0) is 13.7. The first-order valence-corrected chi connectivity index (χ1v) is 7.41. The highest BCUT2D eigenvalue weighted by Gasteiger charge is 2.11. The van der Waals surface area contributed by atoms with Gasteiger partial charge >= 0.3 is 0 Å². The normalized spacial score (nSPS) is 10.9. The molecule has 0 amide bonds. The van der Waals surface area contributed by atoms with Crippen LogP contribution in [0.15, 0.2) is 24.3 Å². The molecular formula is C15H19FN2S. The number of benzene rings is 1. The maximum absolute atomic E-state index is 13.6. The van der Waals surface area contributed by atoms with Crippen LogP contribution in [0, 0.1) is 5.82 Å². The van der Waals surface area contributed by atoms with Gasteiger partial charge in [-0.2, -0.15) is 0 Å². The van der Waals surface area contributed by atoms with E-state index in [2.05, 4.69) is 17.2 Å². The molecule has 1 aromatic carbocycles. The highest BCUT2D eigenvalue weighted by molar-refractivity contribution is 7.11. The third-order valence-electron chi connectivity index (χ3n) is 2.95. The van der Waals surface area contributed by atoms with Gasteiger partial charge in [0.2, 0.25) is 0 Å². The minimum absolute atomic E-state index is 0.148. The molecule has 19 heavy (non-hydrogen) atoms. The Labute approximate surface area is 117 Å². The second kappa shape index (κ2) is 6.78. The van der Waals surface area contributed by atoms with Crippen LogP contribution in [0.5, 0.6) is 0 Å². The van der Waals surface area contributed by atoms with Crippen LogP contribution in [0.3, 0.4) is 0 Å². The van der Waals surface area contributed by atoms with Crippen molar-refractivity contribution in [3.05, 3.63) is 51.2 Å². The first kappa shape index (κ1) is 14.2. The quantitative estimate of drug-likeness (QED) is 0.874. The van der Waals surface area contributed by atoms with Gasteiger partial charge in [0, 0.05) is 17.8 Å². The molecule has 102 valence electrons. The molecule has 1 aromatic heterocycles. The fourth-order valence-corrected chi connectivity index (χ4v) is 3.20. The van der Waals surface area contributed by atoms with Crippen LogP contribution in [0.1, 0.15) is 34.5 Å². The van der Waals surface area contributed by atoms with Gasteiger partial charge in [-0.1, -0.05) is 31.5 Å². The zero-order valence-corrected chi connectivity index (χ0v) is 12.2. The van der Waals surface area contributed by atoms with Crippen LogP contribution < -0.4 is 5.32 Å². The van der Waals surface area contributed by atoms with Crippen molar-refractivity contribution in [1.29, 1.82) is 0 Å². The second-order valence-corrected chi connectivity index (χ2v) is 5.69. The van der Waals surface area contributed by atoms with Crippen molar-refractivity contribution in [2.75, 3.05) is 7.05 Å². The number of halogens is 1. The van der Waals surface area contributed by atoms with Gasteiger partial charge in [-0.3, -0.25) is 0 Å². The van der Waals surface area contributed by atoms with Gasteiger partial charge in [-0.05, 0) is 25.1 Å². The van der Waals surface area contributed by atoms with Crippen molar-refractivity contribution in [2.24, 2.45) is 0 Å². The van der Waals surface area contributed by atoms with Gasteiger partial charge < -0.3 is 5.32 Å². The molecule has 1 heterocycles. The standard InChI is InChI=1S/C15H19FN2S/c1-3-6-13-14(10-17-2)19-15(18-13)9-11-7-4-5-8-12(11)16/h4-5,7-8,17H,3,6,9-10H2,1-2H3. The fraction of sp³-hybridized carbons (Fsp3) is 0.400. The summed E-state index contributed by atoms with van der Waals surface area (Å²) in [5.74, 6) is -0.148. The summed E-state index contributed by atoms with van der Waals surface area (Å²) in [6, 6.07) is 6.92. The van der Waals surface area contributed by atoms with Gasteiger partial charge in [0.1, 0.15) is 5.82 Å².